The largest absolute Gasteiger partial charge is 0.383 e. The maximum absolute atomic E-state index is 12.6. The van der Waals surface area contributed by atoms with Gasteiger partial charge in [0.2, 0.25) is 5.91 Å². The highest BCUT2D eigenvalue weighted by Gasteiger charge is 2.58. The first-order valence-electron chi connectivity index (χ1n) is 7.96. The molecule has 0 radical (unpaired) electrons. The SMILES string of the molecule is COCCN1CCN(C(=O)C2CC23CCNCC3)CC1. The van der Waals surface area contributed by atoms with Gasteiger partial charge < -0.3 is 15.0 Å². The number of piperazine rings is 1. The number of piperidine rings is 1. The van der Waals surface area contributed by atoms with Crippen LogP contribution in [0.5, 0.6) is 0 Å². The number of methoxy groups -OCH3 is 1. The van der Waals surface area contributed by atoms with Crippen LogP contribution in [0, 0.1) is 11.3 Å². The van der Waals surface area contributed by atoms with Crippen LogP contribution >= 0.6 is 0 Å². The molecular formula is C15H27N3O2. The van der Waals surface area contributed by atoms with Crippen molar-refractivity contribution >= 4 is 5.91 Å². The summed E-state index contributed by atoms with van der Waals surface area (Å²) in [6.45, 7) is 7.74. The average molecular weight is 281 g/mol. The molecule has 1 spiro atoms. The fourth-order valence-electron chi connectivity index (χ4n) is 3.81. The third kappa shape index (κ3) is 2.85. The van der Waals surface area contributed by atoms with E-state index in [1.165, 1.54) is 12.8 Å². The Bertz CT molecular complexity index is 347. The van der Waals surface area contributed by atoms with E-state index in [2.05, 4.69) is 15.1 Å². The number of rotatable bonds is 4. The first kappa shape index (κ1) is 14.3. The summed E-state index contributed by atoms with van der Waals surface area (Å²) in [6.07, 6.45) is 3.52. The molecule has 1 saturated carbocycles. The maximum atomic E-state index is 12.6. The second-order valence-corrected chi connectivity index (χ2v) is 6.53. The lowest BCUT2D eigenvalue weighted by atomic mass is 9.91. The van der Waals surface area contributed by atoms with Gasteiger partial charge >= 0.3 is 0 Å². The summed E-state index contributed by atoms with van der Waals surface area (Å²) in [7, 11) is 1.74. The Labute approximate surface area is 121 Å². The van der Waals surface area contributed by atoms with Gasteiger partial charge in [-0.25, -0.2) is 0 Å². The first-order chi connectivity index (χ1) is 9.75. The third-order valence-corrected chi connectivity index (χ3v) is 5.38. The van der Waals surface area contributed by atoms with E-state index in [9.17, 15) is 4.79 Å². The van der Waals surface area contributed by atoms with E-state index in [1.54, 1.807) is 7.11 Å². The normalized spacial score (nSPS) is 29.6. The lowest BCUT2D eigenvalue weighted by molar-refractivity contribution is -0.135. The van der Waals surface area contributed by atoms with Crippen molar-refractivity contribution in [1.29, 1.82) is 0 Å². The van der Waals surface area contributed by atoms with Gasteiger partial charge in [-0.3, -0.25) is 9.69 Å². The average Bonchev–Trinajstić information content (AvgIpc) is 3.19. The Morgan fingerprint density at radius 1 is 1.25 bits per heavy atom. The summed E-state index contributed by atoms with van der Waals surface area (Å²) in [5.41, 5.74) is 0.371. The minimum absolute atomic E-state index is 0.329. The summed E-state index contributed by atoms with van der Waals surface area (Å²) in [5.74, 6) is 0.758. The Morgan fingerprint density at radius 3 is 2.60 bits per heavy atom. The van der Waals surface area contributed by atoms with Crippen molar-refractivity contribution in [2.45, 2.75) is 19.3 Å². The minimum Gasteiger partial charge on any atom is -0.383 e. The maximum Gasteiger partial charge on any atom is 0.226 e. The zero-order chi connectivity index (χ0) is 14.0. The summed E-state index contributed by atoms with van der Waals surface area (Å²) in [4.78, 5) is 17.1. The summed E-state index contributed by atoms with van der Waals surface area (Å²) in [6, 6.07) is 0. The predicted octanol–water partition coefficient (Wildman–Crippen LogP) is 0.167. The van der Waals surface area contributed by atoms with Crippen LogP contribution in [0.4, 0.5) is 0 Å². The smallest absolute Gasteiger partial charge is 0.226 e. The third-order valence-electron chi connectivity index (χ3n) is 5.38. The Balaban J connectivity index is 1.46. The van der Waals surface area contributed by atoms with Gasteiger partial charge in [0.05, 0.1) is 6.61 Å². The second-order valence-electron chi connectivity index (χ2n) is 6.53. The van der Waals surface area contributed by atoms with Crippen LogP contribution in [-0.4, -0.2) is 75.2 Å². The van der Waals surface area contributed by atoms with E-state index in [4.69, 9.17) is 4.74 Å². The molecule has 114 valence electrons. The van der Waals surface area contributed by atoms with Gasteiger partial charge in [-0.2, -0.15) is 0 Å². The molecule has 5 nitrogen and oxygen atoms in total. The van der Waals surface area contributed by atoms with Crippen LogP contribution in [0.1, 0.15) is 19.3 Å². The van der Waals surface area contributed by atoms with E-state index in [0.717, 1.165) is 58.8 Å². The van der Waals surface area contributed by atoms with Gasteiger partial charge in [0, 0.05) is 45.8 Å². The molecule has 5 heteroatoms. The molecule has 0 aromatic heterocycles. The number of carbonyl (C=O) groups excluding carboxylic acids is 1. The van der Waals surface area contributed by atoms with Crippen molar-refractivity contribution < 1.29 is 9.53 Å². The van der Waals surface area contributed by atoms with Crippen LogP contribution in [0.25, 0.3) is 0 Å². The molecule has 1 amide bonds. The van der Waals surface area contributed by atoms with Crippen molar-refractivity contribution in [3.05, 3.63) is 0 Å². The van der Waals surface area contributed by atoms with Gasteiger partial charge in [0.25, 0.3) is 0 Å². The molecule has 1 unspecified atom stereocenters. The van der Waals surface area contributed by atoms with Gasteiger partial charge in [-0.05, 0) is 37.8 Å². The fraction of sp³-hybridized carbons (Fsp3) is 0.933. The van der Waals surface area contributed by atoms with E-state index in [0.29, 0.717) is 17.2 Å². The monoisotopic (exact) mass is 281 g/mol. The van der Waals surface area contributed by atoms with E-state index in [1.807, 2.05) is 0 Å². The van der Waals surface area contributed by atoms with Crippen molar-refractivity contribution in [1.82, 2.24) is 15.1 Å². The van der Waals surface area contributed by atoms with Crippen LogP contribution in [-0.2, 0) is 9.53 Å². The Morgan fingerprint density at radius 2 is 1.95 bits per heavy atom. The lowest BCUT2D eigenvalue weighted by Gasteiger charge is -2.35. The van der Waals surface area contributed by atoms with Crippen LogP contribution in [0.3, 0.4) is 0 Å². The molecule has 3 fully saturated rings. The standard InChI is InChI=1S/C15H27N3O2/c1-20-11-10-17-6-8-18(9-7-17)14(19)13-12-15(13)2-4-16-5-3-15/h13,16H,2-12H2,1H3. The van der Waals surface area contributed by atoms with Crippen LogP contribution in [0.2, 0.25) is 0 Å². The van der Waals surface area contributed by atoms with Crippen molar-refractivity contribution in [3.63, 3.8) is 0 Å². The first-order valence-corrected chi connectivity index (χ1v) is 7.96. The number of hydrogen-bond donors (Lipinski definition) is 1. The molecule has 2 aliphatic heterocycles. The molecule has 2 heterocycles. The predicted molar refractivity (Wildman–Crippen MR) is 77.5 cm³/mol. The van der Waals surface area contributed by atoms with Crippen molar-refractivity contribution in [3.8, 4) is 0 Å². The molecule has 3 aliphatic rings. The molecule has 20 heavy (non-hydrogen) atoms. The number of ether oxygens (including phenoxy) is 1. The summed E-state index contributed by atoms with van der Waals surface area (Å²) >= 11 is 0. The number of nitrogens with zero attached hydrogens (tertiary/aromatic N) is 2. The highest BCUT2D eigenvalue weighted by Crippen LogP contribution is 2.59. The second kappa shape index (κ2) is 6.00. The van der Waals surface area contributed by atoms with Gasteiger partial charge in [0.1, 0.15) is 0 Å². The van der Waals surface area contributed by atoms with E-state index in [-0.39, 0.29) is 0 Å². The topological polar surface area (TPSA) is 44.8 Å². The minimum atomic E-state index is 0.329. The van der Waals surface area contributed by atoms with Gasteiger partial charge in [-0.1, -0.05) is 0 Å². The molecular weight excluding hydrogens is 254 g/mol. The van der Waals surface area contributed by atoms with Crippen LogP contribution < -0.4 is 5.32 Å². The quantitative estimate of drug-likeness (QED) is 0.798. The number of hydrogen-bond acceptors (Lipinski definition) is 4. The van der Waals surface area contributed by atoms with E-state index < -0.39 is 0 Å². The molecule has 0 bridgehead atoms. The Hall–Kier alpha value is -0.650. The van der Waals surface area contributed by atoms with Crippen molar-refractivity contribution in [2.75, 3.05) is 59.5 Å². The number of nitrogens with one attached hydrogen (secondary N) is 1. The fourth-order valence-corrected chi connectivity index (χ4v) is 3.81. The zero-order valence-electron chi connectivity index (χ0n) is 12.6. The Kier molecular flexibility index (Phi) is 4.29. The van der Waals surface area contributed by atoms with Gasteiger partial charge in [0.15, 0.2) is 0 Å². The summed E-state index contributed by atoms with van der Waals surface area (Å²) < 4.78 is 5.11. The van der Waals surface area contributed by atoms with Gasteiger partial charge in [-0.15, -0.1) is 0 Å². The molecule has 3 rings (SSSR count). The molecule has 1 aliphatic carbocycles. The van der Waals surface area contributed by atoms with Crippen LogP contribution in [0.15, 0.2) is 0 Å². The molecule has 0 aromatic rings. The molecule has 2 saturated heterocycles. The molecule has 1 atom stereocenters. The van der Waals surface area contributed by atoms with Crippen molar-refractivity contribution in [2.24, 2.45) is 11.3 Å². The molecule has 1 N–H and O–H groups in total. The molecule has 0 aromatic carbocycles. The highest BCUT2D eigenvalue weighted by atomic mass is 16.5. The van der Waals surface area contributed by atoms with E-state index >= 15 is 0 Å². The lowest BCUT2D eigenvalue weighted by Crippen LogP contribution is -2.50. The zero-order valence-corrected chi connectivity index (χ0v) is 12.6. The highest BCUT2D eigenvalue weighted by molar-refractivity contribution is 5.82. The summed E-state index contributed by atoms with van der Waals surface area (Å²) in [5, 5.41) is 3.40. The number of amides is 1. The number of carbonyl (C=O) groups is 1.